The Morgan fingerprint density at radius 3 is 0.891 bits per heavy atom. The van der Waals surface area contributed by atoms with Crippen molar-refractivity contribution in [2.45, 2.75) is 0 Å². The Bertz CT molecular complexity index is 1600. The number of phenolic OH excluding ortho intramolecular Hbond substituents is 6. The van der Waals surface area contributed by atoms with Crippen LogP contribution in [0.4, 0.5) is 0 Å². The molecule has 0 unspecified atom stereocenters. The van der Waals surface area contributed by atoms with Crippen LogP contribution < -0.4 is 0 Å². The van der Waals surface area contributed by atoms with Gasteiger partial charge in [-0.25, -0.2) is 9.59 Å². The van der Waals surface area contributed by atoms with Crippen molar-refractivity contribution in [2.75, 3.05) is 0 Å². The topological polar surface area (TPSA) is 289 Å². The maximum Gasteiger partial charge on any atom is 0 e. The average molecular weight is 885 g/mol. The van der Waals surface area contributed by atoms with Crippen molar-refractivity contribution in [1.82, 2.24) is 0 Å². The summed E-state index contributed by atoms with van der Waals surface area (Å²) in [6.45, 7) is 0. The Balaban J connectivity index is 0.000000385. The first-order valence-corrected chi connectivity index (χ1v) is 15.0. The Hall–Kier alpha value is -5.40. The van der Waals surface area contributed by atoms with Gasteiger partial charge in [-0.05, 0) is 24.3 Å². The molecule has 16 nitrogen and oxygen atoms in total. The van der Waals surface area contributed by atoms with Crippen LogP contribution in [0.15, 0.2) is 72.8 Å². The number of hydrogen-bond acceptors (Lipinski definition) is 14. The molecule has 18 heteroatoms. The van der Waals surface area contributed by atoms with Gasteiger partial charge in [0, 0.05) is 29.2 Å². The van der Waals surface area contributed by atoms with E-state index in [1.807, 2.05) is 0 Å². The fourth-order valence-electron chi connectivity index (χ4n) is 2.99. The zero-order chi connectivity index (χ0) is 33.8. The van der Waals surface area contributed by atoms with Crippen molar-refractivity contribution in [3.8, 4) is 46.0 Å². The molecule has 46 heavy (non-hydrogen) atoms. The van der Waals surface area contributed by atoms with Gasteiger partial charge < -0.3 is 30.6 Å². The van der Waals surface area contributed by atoms with E-state index in [9.17, 15) is 29.4 Å². The smallest absolute Gasteiger partial charge is 0 e. The zero-order valence-corrected chi connectivity index (χ0v) is 27.5. The number of benzene rings is 4. The van der Waals surface area contributed by atoms with Gasteiger partial charge in [0.2, 0.25) is 0 Å². The Morgan fingerprint density at radius 1 is 0.435 bits per heavy atom. The zero-order valence-electron chi connectivity index (χ0n) is 22.7. The van der Waals surface area contributed by atoms with Gasteiger partial charge >= 0.3 is 155 Å². The molecule has 0 spiro atoms. The second-order valence-corrected chi connectivity index (χ2v) is 10.5. The quantitative estimate of drug-likeness (QED) is 0.125. The van der Waals surface area contributed by atoms with Crippen LogP contribution in [0.5, 0.6) is 46.0 Å². The molecule has 0 aromatic heterocycles. The largest absolute Gasteiger partial charge is 0 e. The monoisotopic (exact) mass is 885 g/mol. The number of carboxylic acid groups (broad SMARTS) is 2. The van der Waals surface area contributed by atoms with E-state index >= 15 is 0 Å². The molecule has 4 aromatic rings. The first kappa shape index (κ1) is 38.6. The predicted octanol–water partition coefficient (Wildman–Crippen LogP) is 2.65. The number of hydrogen-bond donors (Lipinski definition) is 10. The third kappa shape index (κ3) is 11.6. The minimum atomic E-state index is -2.60. The first-order valence-electron chi connectivity index (χ1n) is 11.8. The number of carbonyl (C=O) groups is 4. The Labute approximate surface area is 281 Å². The first-order chi connectivity index (χ1) is 21.1. The molecule has 0 bridgehead atoms. The standard InChI is InChI=1S/4C7H6O4.Cu.Pb/c4*8-4-1-2-5(7(10)11)6(9)3-4;;/h4*1-3,8-9H,(H,10,11);;/q;;;;;+2/p-2. The Morgan fingerprint density at radius 2 is 0.674 bits per heavy atom. The van der Waals surface area contributed by atoms with E-state index in [1.165, 1.54) is 36.4 Å². The number of carboxylic acids is 2. The Kier molecular flexibility index (Phi) is 14.9. The summed E-state index contributed by atoms with van der Waals surface area (Å²) in [6, 6.07) is 13.3. The van der Waals surface area contributed by atoms with Gasteiger partial charge in [0.05, 0.1) is 0 Å². The third-order valence-electron chi connectivity index (χ3n) is 5.09. The molecule has 4 rings (SSSR count). The minimum absolute atomic E-state index is 0. The van der Waals surface area contributed by atoms with E-state index in [0.29, 0.717) is 0 Å². The van der Waals surface area contributed by atoms with Crippen molar-refractivity contribution in [3.05, 3.63) is 95.1 Å². The van der Waals surface area contributed by atoms with E-state index in [-0.39, 0.29) is 62.3 Å². The maximum atomic E-state index is 11.7. The summed E-state index contributed by atoms with van der Waals surface area (Å²) in [5.74, 6) is -6.73. The van der Waals surface area contributed by atoms with Crippen LogP contribution in [0.2, 0.25) is 0 Å². The molecule has 0 aliphatic carbocycles. The van der Waals surface area contributed by atoms with E-state index in [2.05, 4.69) is 0 Å². The van der Waals surface area contributed by atoms with Gasteiger partial charge in [0.15, 0.2) is 0 Å². The third-order valence-corrected chi connectivity index (χ3v) is 7.18. The van der Waals surface area contributed by atoms with Gasteiger partial charge in [-0.3, -0.25) is 0 Å². The molecule has 0 heterocycles. The fraction of sp³-hybridized carbons (Fsp3) is 0. The molecular weight excluding hydrogens is 863 g/mol. The molecule has 0 saturated carbocycles. The van der Waals surface area contributed by atoms with Crippen LogP contribution in [-0.4, -0.2) is 100 Å². The van der Waals surface area contributed by atoms with E-state index in [0.717, 1.165) is 36.4 Å². The summed E-state index contributed by atoms with van der Waals surface area (Å²) in [5, 5.41) is 89.5. The second kappa shape index (κ2) is 17.8. The summed E-state index contributed by atoms with van der Waals surface area (Å²) < 4.78 is 9.69. The van der Waals surface area contributed by atoms with E-state index in [4.69, 9.17) is 46.2 Å². The number of carbonyl (C=O) groups excluding carboxylic acids is 2. The van der Waals surface area contributed by atoms with Crippen molar-refractivity contribution in [1.29, 1.82) is 0 Å². The second-order valence-electron chi connectivity index (χ2n) is 8.28. The van der Waals surface area contributed by atoms with Crippen molar-refractivity contribution in [2.24, 2.45) is 0 Å². The average Bonchev–Trinajstić information content (AvgIpc) is 2.93. The summed E-state index contributed by atoms with van der Waals surface area (Å²) >= 11 is -2.60. The molecule has 10 N–H and O–H groups in total. The normalized spacial score (nSPS) is 9.57. The van der Waals surface area contributed by atoms with Crippen LogP contribution in [0.25, 0.3) is 0 Å². The van der Waals surface area contributed by atoms with Gasteiger partial charge in [0.25, 0.3) is 0 Å². The van der Waals surface area contributed by atoms with Gasteiger partial charge in [-0.15, -0.1) is 0 Å². The van der Waals surface area contributed by atoms with Crippen LogP contribution >= 0.6 is 0 Å². The summed E-state index contributed by atoms with van der Waals surface area (Å²) in [6.07, 6.45) is 0. The van der Waals surface area contributed by atoms with Crippen LogP contribution in [0.3, 0.4) is 0 Å². The molecule has 0 atom stereocenters. The molecule has 245 valence electrons. The van der Waals surface area contributed by atoms with Gasteiger partial charge in [0.1, 0.15) is 34.1 Å². The van der Waals surface area contributed by atoms with Crippen LogP contribution in [0.1, 0.15) is 41.4 Å². The van der Waals surface area contributed by atoms with Gasteiger partial charge in [-0.1, -0.05) is 0 Å². The molecule has 0 amide bonds. The van der Waals surface area contributed by atoms with Gasteiger partial charge in [-0.2, -0.15) is 0 Å². The summed E-state index contributed by atoms with van der Waals surface area (Å²) in [4.78, 5) is 44.0. The molecule has 3 radical (unpaired) electrons. The molecular formula is C28H22CuO16Pb. The maximum absolute atomic E-state index is 11.7. The predicted molar refractivity (Wildman–Crippen MR) is 150 cm³/mol. The minimum Gasteiger partial charge on any atom is 0 e. The van der Waals surface area contributed by atoms with Crippen molar-refractivity contribution >= 4 is 49.0 Å². The SMILES string of the molecule is O=C(O)c1ccc(O)cc1O.O=C(O)c1ccc(O)cc1O.O=C([O][Pb][O]C(=O)c1ccc(O)cc1O)c1ccc(O)cc1O.[Cu]. The summed E-state index contributed by atoms with van der Waals surface area (Å²) in [7, 11) is 0. The van der Waals surface area contributed by atoms with Crippen LogP contribution in [-0.2, 0) is 22.4 Å². The molecule has 4 aromatic carbocycles. The number of aromatic hydroxyl groups is 8. The van der Waals surface area contributed by atoms with E-state index < -0.39 is 72.0 Å². The van der Waals surface area contributed by atoms with E-state index in [1.54, 1.807) is 0 Å². The molecule has 0 saturated heterocycles. The molecule has 0 fully saturated rings. The van der Waals surface area contributed by atoms with Crippen molar-refractivity contribution < 1.29 is 92.7 Å². The fourth-order valence-corrected chi connectivity index (χ4v) is 4.60. The number of aromatic carboxylic acids is 2. The number of rotatable bonds is 6. The van der Waals surface area contributed by atoms with Crippen LogP contribution in [0, 0.1) is 0 Å². The molecule has 0 aliphatic rings. The van der Waals surface area contributed by atoms with Crippen molar-refractivity contribution in [3.63, 3.8) is 0 Å². The number of phenols is 8. The summed E-state index contributed by atoms with van der Waals surface area (Å²) in [5.41, 5.74) is -0.775. The molecule has 0 aliphatic heterocycles.